The van der Waals surface area contributed by atoms with Crippen molar-refractivity contribution < 1.29 is 37.7 Å². The quantitative estimate of drug-likeness (QED) is 0.550. The third kappa shape index (κ3) is 4.65. The van der Waals surface area contributed by atoms with Crippen molar-refractivity contribution in [3.05, 3.63) is 53.1 Å². The van der Waals surface area contributed by atoms with Gasteiger partial charge in [0.15, 0.2) is 0 Å². The molecule has 9 heteroatoms. The van der Waals surface area contributed by atoms with Gasteiger partial charge in [-0.1, -0.05) is 0 Å². The second kappa shape index (κ2) is 7.34. The molecule has 2 rings (SSSR count). The van der Waals surface area contributed by atoms with Crippen molar-refractivity contribution in [3.63, 3.8) is 0 Å². The molecule has 6 nitrogen and oxygen atoms in total. The van der Waals surface area contributed by atoms with Gasteiger partial charge in [0.2, 0.25) is 0 Å². The van der Waals surface area contributed by atoms with E-state index < -0.39 is 23.7 Å². The van der Waals surface area contributed by atoms with E-state index in [-0.39, 0.29) is 29.2 Å². The average Bonchev–Trinajstić information content (AvgIpc) is 2.52. The van der Waals surface area contributed by atoms with Crippen LogP contribution in [0.4, 0.5) is 18.9 Å². The van der Waals surface area contributed by atoms with Gasteiger partial charge in [0.05, 0.1) is 5.56 Å². The maximum Gasteiger partial charge on any atom is 0.416 e. The minimum Gasteiger partial charge on any atom is -0.508 e. The fourth-order valence-corrected chi connectivity index (χ4v) is 2.15. The number of phenolic OH excluding ortho intramolecular Hbond substituents is 1. The molecule has 0 unspecified atom stereocenters. The van der Waals surface area contributed by atoms with E-state index in [1.54, 1.807) is 0 Å². The molecule has 0 spiro atoms. The number of aromatic carboxylic acids is 1. The molecule has 2 aromatic carbocycles. The summed E-state index contributed by atoms with van der Waals surface area (Å²) in [5, 5.41) is 21.5. The number of anilines is 1. The van der Waals surface area contributed by atoms with Crippen molar-refractivity contribution >= 4 is 17.6 Å². The van der Waals surface area contributed by atoms with E-state index in [1.807, 2.05) is 0 Å². The third-order valence-electron chi connectivity index (χ3n) is 3.36. The molecule has 0 heterocycles. The van der Waals surface area contributed by atoms with Crippen LogP contribution in [0.3, 0.4) is 0 Å². The minimum absolute atomic E-state index is 0.00354. The number of esters is 1. The molecule has 0 atom stereocenters. The van der Waals surface area contributed by atoms with Gasteiger partial charge in [0, 0.05) is 30.8 Å². The van der Waals surface area contributed by atoms with Gasteiger partial charge in [-0.3, -0.25) is 4.79 Å². The zero-order valence-electron chi connectivity index (χ0n) is 13.4. The molecule has 0 aliphatic carbocycles. The van der Waals surface area contributed by atoms with Crippen LogP contribution in [0.5, 0.6) is 11.5 Å². The number of hydrogen-bond acceptors (Lipinski definition) is 5. The first-order valence-electron chi connectivity index (χ1n) is 7.26. The standard InChI is InChI=1S/C17H14F3NO5/c1-9(22)26-15-7-12(3-4-13(15)16(24)25)21-8-10-6-11(17(18,19)20)2-5-14(10)23/h2-7,21,23H,8H2,1H3,(H,24,25). The van der Waals surface area contributed by atoms with Crippen LogP contribution >= 0.6 is 0 Å². The summed E-state index contributed by atoms with van der Waals surface area (Å²) >= 11 is 0. The van der Waals surface area contributed by atoms with E-state index in [4.69, 9.17) is 9.84 Å². The number of alkyl halides is 3. The smallest absolute Gasteiger partial charge is 0.416 e. The number of aromatic hydroxyl groups is 1. The Bertz CT molecular complexity index is 849. The van der Waals surface area contributed by atoms with E-state index in [2.05, 4.69) is 5.32 Å². The fourth-order valence-electron chi connectivity index (χ4n) is 2.15. The average molecular weight is 369 g/mol. The molecule has 0 bridgehead atoms. The van der Waals surface area contributed by atoms with Crippen molar-refractivity contribution in [2.24, 2.45) is 0 Å². The van der Waals surface area contributed by atoms with Gasteiger partial charge in [0.25, 0.3) is 0 Å². The Morgan fingerprint density at radius 1 is 1.15 bits per heavy atom. The number of carbonyl (C=O) groups is 2. The molecule has 138 valence electrons. The zero-order chi connectivity index (χ0) is 19.5. The number of phenols is 1. The van der Waals surface area contributed by atoms with Crippen molar-refractivity contribution in [3.8, 4) is 11.5 Å². The second-order valence-electron chi connectivity index (χ2n) is 5.30. The van der Waals surface area contributed by atoms with Crippen LogP contribution in [0.1, 0.15) is 28.4 Å². The van der Waals surface area contributed by atoms with Crippen LogP contribution in [-0.2, 0) is 17.5 Å². The highest BCUT2D eigenvalue weighted by molar-refractivity contribution is 5.92. The number of halogens is 3. The third-order valence-corrected chi connectivity index (χ3v) is 3.36. The lowest BCUT2D eigenvalue weighted by Gasteiger charge is -2.13. The van der Waals surface area contributed by atoms with Gasteiger partial charge in [-0.15, -0.1) is 0 Å². The van der Waals surface area contributed by atoms with Gasteiger partial charge < -0.3 is 20.3 Å². The number of carbonyl (C=O) groups excluding carboxylic acids is 1. The highest BCUT2D eigenvalue weighted by Gasteiger charge is 2.31. The number of rotatable bonds is 5. The molecule has 2 aromatic rings. The highest BCUT2D eigenvalue weighted by atomic mass is 19.4. The van der Waals surface area contributed by atoms with Gasteiger partial charge >= 0.3 is 18.1 Å². The maximum absolute atomic E-state index is 12.8. The second-order valence-corrected chi connectivity index (χ2v) is 5.30. The zero-order valence-corrected chi connectivity index (χ0v) is 13.4. The molecule has 0 aliphatic heterocycles. The largest absolute Gasteiger partial charge is 0.508 e. The van der Waals surface area contributed by atoms with Crippen molar-refractivity contribution in [2.45, 2.75) is 19.6 Å². The summed E-state index contributed by atoms with van der Waals surface area (Å²) in [7, 11) is 0. The predicted molar refractivity (Wildman–Crippen MR) is 85.1 cm³/mol. The minimum atomic E-state index is -4.55. The monoisotopic (exact) mass is 369 g/mol. The highest BCUT2D eigenvalue weighted by Crippen LogP contribution is 2.32. The number of nitrogens with one attached hydrogen (secondary N) is 1. The maximum atomic E-state index is 12.8. The van der Waals surface area contributed by atoms with Gasteiger partial charge in [-0.25, -0.2) is 4.79 Å². The van der Waals surface area contributed by atoms with Crippen molar-refractivity contribution in [1.29, 1.82) is 0 Å². The van der Waals surface area contributed by atoms with Crippen LogP contribution in [-0.4, -0.2) is 22.2 Å². The Hall–Kier alpha value is -3.23. The SMILES string of the molecule is CC(=O)Oc1cc(NCc2cc(C(F)(F)F)ccc2O)ccc1C(=O)O. The van der Waals surface area contributed by atoms with E-state index in [9.17, 15) is 27.9 Å². The summed E-state index contributed by atoms with van der Waals surface area (Å²) in [4.78, 5) is 22.2. The summed E-state index contributed by atoms with van der Waals surface area (Å²) in [5.74, 6) is -2.56. The summed E-state index contributed by atoms with van der Waals surface area (Å²) in [6.45, 7) is 0.939. The molecule has 0 aromatic heterocycles. The molecular formula is C17H14F3NO5. The summed E-state index contributed by atoms with van der Waals surface area (Å²) in [6.07, 6.45) is -4.55. The van der Waals surface area contributed by atoms with E-state index in [0.29, 0.717) is 5.69 Å². The molecule has 0 fully saturated rings. The van der Waals surface area contributed by atoms with Crippen LogP contribution in [0.2, 0.25) is 0 Å². The van der Waals surface area contributed by atoms with Crippen LogP contribution in [0, 0.1) is 0 Å². The van der Waals surface area contributed by atoms with Crippen LogP contribution < -0.4 is 10.1 Å². The van der Waals surface area contributed by atoms with E-state index >= 15 is 0 Å². The number of carboxylic acids is 1. The van der Waals surface area contributed by atoms with Crippen LogP contribution in [0.15, 0.2) is 36.4 Å². The normalized spacial score (nSPS) is 11.1. The lowest BCUT2D eigenvalue weighted by molar-refractivity contribution is -0.137. The Labute approximate surface area is 145 Å². The molecule has 0 saturated heterocycles. The summed E-state index contributed by atoms with van der Waals surface area (Å²) in [6, 6.07) is 6.30. The first-order chi connectivity index (χ1) is 12.1. The molecular weight excluding hydrogens is 355 g/mol. The Balaban J connectivity index is 2.24. The number of ether oxygens (including phenoxy) is 1. The van der Waals surface area contributed by atoms with Crippen molar-refractivity contribution in [1.82, 2.24) is 0 Å². The molecule has 0 radical (unpaired) electrons. The van der Waals surface area contributed by atoms with E-state index in [1.165, 1.54) is 18.2 Å². The topological polar surface area (TPSA) is 95.9 Å². The lowest BCUT2D eigenvalue weighted by Crippen LogP contribution is -2.09. The molecule has 0 amide bonds. The lowest BCUT2D eigenvalue weighted by atomic mass is 10.1. The Kier molecular flexibility index (Phi) is 5.39. The van der Waals surface area contributed by atoms with Gasteiger partial charge in [-0.2, -0.15) is 13.2 Å². The van der Waals surface area contributed by atoms with Crippen molar-refractivity contribution in [2.75, 3.05) is 5.32 Å². The molecule has 26 heavy (non-hydrogen) atoms. The van der Waals surface area contributed by atoms with Gasteiger partial charge in [0.1, 0.15) is 17.1 Å². The van der Waals surface area contributed by atoms with Crippen LogP contribution in [0.25, 0.3) is 0 Å². The number of carboxylic acid groups (broad SMARTS) is 1. The fraction of sp³-hybridized carbons (Fsp3) is 0.176. The molecule has 0 aliphatic rings. The Morgan fingerprint density at radius 3 is 2.42 bits per heavy atom. The summed E-state index contributed by atoms with van der Waals surface area (Å²) in [5.41, 5.74) is -0.860. The predicted octanol–water partition coefficient (Wildman–Crippen LogP) is 3.65. The first-order valence-corrected chi connectivity index (χ1v) is 7.26. The Morgan fingerprint density at radius 2 is 1.85 bits per heavy atom. The number of benzene rings is 2. The van der Waals surface area contributed by atoms with E-state index in [0.717, 1.165) is 25.1 Å². The first kappa shape index (κ1) is 19.1. The molecule has 0 saturated carbocycles. The number of hydrogen-bond donors (Lipinski definition) is 3. The molecule has 3 N–H and O–H groups in total. The summed E-state index contributed by atoms with van der Waals surface area (Å²) < 4.78 is 43.1. The van der Waals surface area contributed by atoms with Gasteiger partial charge in [-0.05, 0) is 30.3 Å².